The van der Waals surface area contributed by atoms with Crippen LogP contribution in [0.4, 0.5) is 0 Å². The predicted octanol–water partition coefficient (Wildman–Crippen LogP) is 4.59. The molecule has 1 N–H and O–H groups in total. The molecule has 0 spiro atoms. The maximum atomic E-state index is 10.7. The Labute approximate surface area is 116 Å². The van der Waals surface area contributed by atoms with Gasteiger partial charge in [-0.25, -0.2) is 0 Å². The van der Waals surface area contributed by atoms with Crippen molar-refractivity contribution in [1.82, 2.24) is 0 Å². The van der Waals surface area contributed by atoms with Gasteiger partial charge >= 0.3 is 0 Å². The molecular formula is C14H18BrClO. The molecule has 1 nitrogen and oxygen atoms in total. The minimum absolute atomic E-state index is 0.419. The Kier molecular flexibility index (Phi) is 4.17. The fourth-order valence-corrected chi connectivity index (χ4v) is 3.68. The Morgan fingerprint density at radius 2 is 2.29 bits per heavy atom. The highest BCUT2D eigenvalue weighted by molar-refractivity contribution is 9.10. The van der Waals surface area contributed by atoms with Crippen LogP contribution >= 0.6 is 27.5 Å². The Morgan fingerprint density at radius 1 is 1.53 bits per heavy atom. The lowest BCUT2D eigenvalue weighted by Crippen LogP contribution is -2.35. The molecule has 3 heteroatoms. The first-order valence-electron chi connectivity index (χ1n) is 6.21. The van der Waals surface area contributed by atoms with E-state index in [2.05, 4.69) is 22.9 Å². The Morgan fingerprint density at radius 3 is 2.94 bits per heavy atom. The molecule has 0 saturated heterocycles. The zero-order valence-electron chi connectivity index (χ0n) is 10.0. The molecular weight excluding hydrogens is 300 g/mol. The van der Waals surface area contributed by atoms with Crippen molar-refractivity contribution < 1.29 is 5.11 Å². The fraction of sp³-hybridized carbons (Fsp3) is 0.571. The third-order valence-corrected chi connectivity index (χ3v) is 4.77. The minimum atomic E-state index is -0.549. The first-order valence-corrected chi connectivity index (χ1v) is 7.38. The molecule has 1 aromatic carbocycles. The maximum absolute atomic E-state index is 10.7. The molecule has 0 heterocycles. The summed E-state index contributed by atoms with van der Waals surface area (Å²) in [5, 5.41) is 11.5. The molecule has 0 amide bonds. The number of hydrogen-bond donors (Lipinski definition) is 1. The SMILES string of the molecule is CCC1CCCC1(O)Cc1ccc(Br)cc1Cl. The molecule has 1 aliphatic rings. The van der Waals surface area contributed by atoms with Crippen LogP contribution in [0.15, 0.2) is 22.7 Å². The fourth-order valence-electron chi connectivity index (χ4n) is 2.94. The second kappa shape index (κ2) is 5.29. The molecule has 94 valence electrons. The topological polar surface area (TPSA) is 20.2 Å². The summed E-state index contributed by atoms with van der Waals surface area (Å²) in [7, 11) is 0. The van der Waals surface area contributed by atoms with E-state index in [9.17, 15) is 5.11 Å². The van der Waals surface area contributed by atoms with Gasteiger partial charge < -0.3 is 5.11 Å². The zero-order valence-corrected chi connectivity index (χ0v) is 12.4. The van der Waals surface area contributed by atoms with Crippen molar-refractivity contribution in [1.29, 1.82) is 0 Å². The van der Waals surface area contributed by atoms with Crippen LogP contribution in [-0.2, 0) is 6.42 Å². The number of hydrogen-bond acceptors (Lipinski definition) is 1. The van der Waals surface area contributed by atoms with E-state index < -0.39 is 5.60 Å². The van der Waals surface area contributed by atoms with E-state index in [0.717, 1.165) is 40.7 Å². The van der Waals surface area contributed by atoms with Gasteiger partial charge in [0.2, 0.25) is 0 Å². The van der Waals surface area contributed by atoms with Crippen LogP contribution in [0, 0.1) is 5.92 Å². The summed E-state index contributed by atoms with van der Waals surface area (Å²) in [5.41, 5.74) is 0.504. The lowest BCUT2D eigenvalue weighted by atomic mass is 9.83. The summed E-state index contributed by atoms with van der Waals surface area (Å²) >= 11 is 9.62. The van der Waals surface area contributed by atoms with Gasteiger partial charge in [0.25, 0.3) is 0 Å². The van der Waals surface area contributed by atoms with E-state index in [-0.39, 0.29) is 0 Å². The van der Waals surface area contributed by atoms with Crippen molar-refractivity contribution >= 4 is 27.5 Å². The first kappa shape index (κ1) is 13.4. The van der Waals surface area contributed by atoms with E-state index in [1.807, 2.05) is 18.2 Å². The quantitative estimate of drug-likeness (QED) is 0.864. The van der Waals surface area contributed by atoms with Crippen molar-refractivity contribution in [3.05, 3.63) is 33.3 Å². The highest BCUT2D eigenvalue weighted by Gasteiger charge is 2.40. The van der Waals surface area contributed by atoms with Gasteiger partial charge in [0.05, 0.1) is 5.60 Å². The Balaban J connectivity index is 2.19. The molecule has 17 heavy (non-hydrogen) atoms. The largest absolute Gasteiger partial charge is 0.389 e. The van der Waals surface area contributed by atoms with Crippen LogP contribution in [0.5, 0.6) is 0 Å². The van der Waals surface area contributed by atoms with Gasteiger partial charge in [-0.3, -0.25) is 0 Å². The Bertz CT molecular complexity index is 407. The lowest BCUT2D eigenvalue weighted by molar-refractivity contribution is 0.00148. The van der Waals surface area contributed by atoms with Crippen LogP contribution in [0.3, 0.4) is 0 Å². The van der Waals surface area contributed by atoms with Gasteiger partial charge in [0.15, 0.2) is 0 Å². The normalized spacial score (nSPS) is 28.6. The van der Waals surface area contributed by atoms with Crippen LogP contribution in [-0.4, -0.2) is 10.7 Å². The van der Waals surface area contributed by atoms with Crippen molar-refractivity contribution in [2.75, 3.05) is 0 Å². The van der Waals surface area contributed by atoms with Gasteiger partial charge in [0, 0.05) is 15.9 Å². The van der Waals surface area contributed by atoms with Crippen molar-refractivity contribution in [3.63, 3.8) is 0 Å². The molecule has 2 unspecified atom stereocenters. The molecule has 0 aliphatic heterocycles. The molecule has 1 aliphatic carbocycles. The average Bonchev–Trinajstić information content (AvgIpc) is 2.64. The maximum Gasteiger partial charge on any atom is 0.0716 e. The first-order chi connectivity index (χ1) is 8.05. The van der Waals surface area contributed by atoms with Gasteiger partial charge in [-0.1, -0.05) is 53.4 Å². The molecule has 1 fully saturated rings. The lowest BCUT2D eigenvalue weighted by Gasteiger charge is -2.30. The Hall–Kier alpha value is -0.0500. The van der Waals surface area contributed by atoms with Crippen LogP contribution in [0.25, 0.3) is 0 Å². The van der Waals surface area contributed by atoms with E-state index in [0.29, 0.717) is 12.3 Å². The summed E-state index contributed by atoms with van der Waals surface area (Å²) in [6.07, 6.45) is 4.89. The van der Waals surface area contributed by atoms with Crippen molar-refractivity contribution in [3.8, 4) is 0 Å². The second-order valence-corrected chi connectivity index (χ2v) is 6.34. The van der Waals surface area contributed by atoms with E-state index >= 15 is 0 Å². The van der Waals surface area contributed by atoms with Gasteiger partial charge in [-0.15, -0.1) is 0 Å². The van der Waals surface area contributed by atoms with E-state index in [4.69, 9.17) is 11.6 Å². The molecule has 1 saturated carbocycles. The minimum Gasteiger partial charge on any atom is -0.389 e. The summed E-state index contributed by atoms with van der Waals surface area (Å²) in [4.78, 5) is 0. The predicted molar refractivity (Wildman–Crippen MR) is 75.4 cm³/mol. The van der Waals surface area contributed by atoms with Crippen LogP contribution in [0.1, 0.15) is 38.2 Å². The van der Waals surface area contributed by atoms with E-state index in [1.54, 1.807) is 0 Å². The summed E-state index contributed by atoms with van der Waals surface area (Å²) in [5.74, 6) is 0.419. The van der Waals surface area contributed by atoms with Crippen LogP contribution < -0.4 is 0 Å². The molecule has 2 rings (SSSR count). The standard InChI is InChI=1S/C14H18BrClO/c1-2-11-4-3-7-14(11,17)9-10-5-6-12(15)8-13(10)16/h5-6,8,11,17H,2-4,7,9H2,1H3. The number of benzene rings is 1. The summed E-state index contributed by atoms with van der Waals surface area (Å²) in [6.45, 7) is 2.16. The third-order valence-electron chi connectivity index (χ3n) is 3.93. The number of rotatable bonds is 3. The summed E-state index contributed by atoms with van der Waals surface area (Å²) in [6, 6.07) is 5.89. The average molecular weight is 318 g/mol. The highest BCUT2D eigenvalue weighted by atomic mass is 79.9. The number of aliphatic hydroxyl groups is 1. The molecule has 2 atom stereocenters. The smallest absolute Gasteiger partial charge is 0.0716 e. The molecule has 0 bridgehead atoms. The van der Waals surface area contributed by atoms with Crippen molar-refractivity contribution in [2.24, 2.45) is 5.92 Å². The van der Waals surface area contributed by atoms with E-state index in [1.165, 1.54) is 0 Å². The number of halogens is 2. The third kappa shape index (κ3) is 2.86. The molecule has 1 aromatic rings. The second-order valence-electron chi connectivity index (χ2n) is 5.01. The van der Waals surface area contributed by atoms with Gasteiger partial charge in [-0.2, -0.15) is 0 Å². The van der Waals surface area contributed by atoms with Gasteiger partial charge in [-0.05, 0) is 36.5 Å². The van der Waals surface area contributed by atoms with Gasteiger partial charge in [0.1, 0.15) is 0 Å². The summed E-state index contributed by atoms with van der Waals surface area (Å²) < 4.78 is 0.983. The van der Waals surface area contributed by atoms with Crippen LogP contribution in [0.2, 0.25) is 5.02 Å². The zero-order chi connectivity index (χ0) is 12.5. The molecule has 0 aromatic heterocycles. The monoisotopic (exact) mass is 316 g/mol. The molecule has 0 radical (unpaired) electrons. The van der Waals surface area contributed by atoms with Crippen molar-refractivity contribution in [2.45, 2.75) is 44.6 Å². The highest BCUT2D eigenvalue weighted by Crippen LogP contribution is 2.41.